The number of anilines is 3. The van der Waals surface area contributed by atoms with Crippen molar-refractivity contribution in [3.05, 3.63) is 48.8 Å². The standard InChI is InChI=1S/C13H13N3/c1-2-4-13-12(3-1)15-9-10-16(13)11-5-7-14-8-6-11/h1-8,15H,9-10H2. The average Bonchev–Trinajstić information content (AvgIpc) is 2.39. The van der Waals surface area contributed by atoms with Crippen molar-refractivity contribution in [2.45, 2.75) is 0 Å². The molecule has 0 saturated carbocycles. The smallest absolute Gasteiger partial charge is 0.0647 e. The van der Waals surface area contributed by atoms with Crippen LogP contribution in [0.15, 0.2) is 48.8 Å². The summed E-state index contributed by atoms with van der Waals surface area (Å²) < 4.78 is 0. The fourth-order valence-electron chi connectivity index (χ4n) is 2.07. The van der Waals surface area contributed by atoms with Crippen LogP contribution in [0.5, 0.6) is 0 Å². The molecule has 0 saturated heterocycles. The van der Waals surface area contributed by atoms with Gasteiger partial charge in [-0.3, -0.25) is 4.98 Å². The van der Waals surface area contributed by atoms with Gasteiger partial charge in [-0.25, -0.2) is 0 Å². The van der Waals surface area contributed by atoms with Crippen molar-refractivity contribution in [2.75, 3.05) is 23.3 Å². The van der Waals surface area contributed by atoms with E-state index >= 15 is 0 Å². The second-order valence-electron chi connectivity index (χ2n) is 3.80. The average molecular weight is 211 g/mol. The molecule has 1 N–H and O–H groups in total. The molecule has 0 aliphatic carbocycles. The Morgan fingerprint density at radius 1 is 1.06 bits per heavy atom. The fourth-order valence-corrected chi connectivity index (χ4v) is 2.07. The van der Waals surface area contributed by atoms with E-state index in [1.807, 2.05) is 24.5 Å². The van der Waals surface area contributed by atoms with Gasteiger partial charge in [0.25, 0.3) is 0 Å². The molecule has 0 amide bonds. The molecule has 1 aliphatic rings. The minimum absolute atomic E-state index is 0.972. The van der Waals surface area contributed by atoms with E-state index in [4.69, 9.17) is 0 Å². The Balaban J connectivity index is 2.05. The minimum Gasteiger partial charge on any atom is -0.382 e. The zero-order chi connectivity index (χ0) is 10.8. The molecule has 0 fully saturated rings. The molecule has 80 valence electrons. The van der Waals surface area contributed by atoms with Crippen LogP contribution in [-0.4, -0.2) is 18.1 Å². The molecule has 3 rings (SSSR count). The van der Waals surface area contributed by atoms with E-state index in [0.29, 0.717) is 0 Å². The number of aromatic nitrogens is 1. The number of hydrogen-bond donors (Lipinski definition) is 1. The Kier molecular flexibility index (Phi) is 2.22. The maximum absolute atomic E-state index is 4.05. The molecule has 1 aliphatic heterocycles. The van der Waals surface area contributed by atoms with E-state index in [9.17, 15) is 0 Å². The van der Waals surface area contributed by atoms with Gasteiger partial charge in [0.1, 0.15) is 0 Å². The molecule has 16 heavy (non-hydrogen) atoms. The summed E-state index contributed by atoms with van der Waals surface area (Å²) in [4.78, 5) is 6.37. The summed E-state index contributed by atoms with van der Waals surface area (Å²) in [5.74, 6) is 0. The van der Waals surface area contributed by atoms with Gasteiger partial charge < -0.3 is 10.2 Å². The number of nitrogens with zero attached hydrogens (tertiary/aromatic N) is 2. The molecular formula is C13H13N3. The summed E-state index contributed by atoms with van der Waals surface area (Å²) in [6.45, 7) is 1.96. The van der Waals surface area contributed by atoms with Crippen LogP contribution in [0.4, 0.5) is 17.1 Å². The Hall–Kier alpha value is -2.03. The summed E-state index contributed by atoms with van der Waals surface area (Å²) in [5.41, 5.74) is 3.63. The van der Waals surface area contributed by atoms with E-state index in [2.05, 4.69) is 39.5 Å². The first-order valence-corrected chi connectivity index (χ1v) is 5.45. The molecule has 2 heterocycles. The normalized spacial score (nSPS) is 14.1. The zero-order valence-corrected chi connectivity index (χ0v) is 8.93. The number of hydrogen-bond acceptors (Lipinski definition) is 3. The van der Waals surface area contributed by atoms with Crippen molar-refractivity contribution in [3.8, 4) is 0 Å². The topological polar surface area (TPSA) is 28.2 Å². The lowest BCUT2D eigenvalue weighted by Crippen LogP contribution is -2.29. The first-order valence-electron chi connectivity index (χ1n) is 5.45. The summed E-state index contributed by atoms with van der Waals surface area (Å²) in [6, 6.07) is 12.5. The van der Waals surface area contributed by atoms with Gasteiger partial charge in [-0.2, -0.15) is 0 Å². The zero-order valence-electron chi connectivity index (χ0n) is 8.93. The molecule has 0 unspecified atom stereocenters. The number of fused-ring (bicyclic) bond motifs is 1. The maximum Gasteiger partial charge on any atom is 0.0647 e. The maximum atomic E-state index is 4.05. The lowest BCUT2D eigenvalue weighted by atomic mass is 10.2. The molecule has 1 aromatic heterocycles. The van der Waals surface area contributed by atoms with E-state index in [0.717, 1.165) is 13.1 Å². The summed E-state index contributed by atoms with van der Waals surface area (Å²) in [5, 5.41) is 3.41. The molecule has 0 radical (unpaired) electrons. The number of rotatable bonds is 1. The van der Waals surface area contributed by atoms with Crippen LogP contribution < -0.4 is 10.2 Å². The van der Waals surface area contributed by atoms with E-state index in [1.165, 1.54) is 17.1 Å². The van der Waals surface area contributed by atoms with E-state index in [1.54, 1.807) is 0 Å². The van der Waals surface area contributed by atoms with Crippen molar-refractivity contribution >= 4 is 17.1 Å². The Labute approximate surface area is 94.7 Å². The van der Waals surface area contributed by atoms with Crippen molar-refractivity contribution in [1.29, 1.82) is 0 Å². The molecule has 3 nitrogen and oxygen atoms in total. The number of para-hydroxylation sites is 2. The van der Waals surface area contributed by atoms with E-state index < -0.39 is 0 Å². The largest absolute Gasteiger partial charge is 0.382 e. The SMILES string of the molecule is c1ccc2c(c1)NCCN2c1ccncc1. The van der Waals surface area contributed by atoms with Crippen LogP contribution in [0.3, 0.4) is 0 Å². The van der Waals surface area contributed by atoms with Gasteiger partial charge >= 0.3 is 0 Å². The first kappa shape index (κ1) is 9.21. The molecule has 3 heteroatoms. The van der Waals surface area contributed by atoms with Crippen molar-refractivity contribution in [2.24, 2.45) is 0 Å². The highest BCUT2D eigenvalue weighted by atomic mass is 15.2. The fraction of sp³-hybridized carbons (Fsp3) is 0.154. The minimum atomic E-state index is 0.972. The van der Waals surface area contributed by atoms with Crippen LogP contribution in [0.25, 0.3) is 0 Å². The third-order valence-corrected chi connectivity index (χ3v) is 2.82. The van der Waals surface area contributed by atoms with Crippen molar-refractivity contribution < 1.29 is 0 Å². The molecule has 0 atom stereocenters. The van der Waals surface area contributed by atoms with Gasteiger partial charge in [0, 0.05) is 31.2 Å². The molecule has 2 aromatic rings. The van der Waals surface area contributed by atoms with Crippen LogP contribution in [-0.2, 0) is 0 Å². The second kappa shape index (κ2) is 3.85. The lowest BCUT2D eigenvalue weighted by molar-refractivity contribution is 0.925. The van der Waals surface area contributed by atoms with Crippen LogP contribution in [0.1, 0.15) is 0 Å². The number of pyridine rings is 1. The quantitative estimate of drug-likeness (QED) is 0.786. The second-order valence-corrected chi connectivity index (χ2v) is 3.80. The monoisotopic (exact) mass is 211 g/mol. The number of benzene rings is 1. The van der Waals surface area contributed by atoms with Crippen molar-refractivity contribution in [1.82, 2.24) is 4.98 Å². The predicted molar refractivity (Wildman–Crippen MR) is 66.2 cm³/mol. The molecular weight excluding hydrogens is 198 g/mol. The Morgan fingerprint density at radius 3 is 2.75 bits per heavy atom. The molecule has 0 bridgehead atoms. The van der Waals surface area contributed by atoms with Crippen LogP contribution >= 0.6 is 0 Å². The lowest BCUT2D eigenvalue weighted by Gasteiger charge is -2.31. The third kappa shape index (κ3) is 1.50. The number of nitrogens with one attached hydrogen (secondary N) is 1. The summed E-state index contributed by atoms with van der Waals surface area (Å²) in [6.07, 6.45) is 3.67. The van der Waals surface area contributed by atoms with E-state index in [-0.39, 0.29) is 0 Å². The van der Waals surface area contributed by atoms with Gasteiger partial charge in [0.05, 0.1) is 11.4 Å². The molecule has 1 aromatic carbocycles. The van der Waals surface area contributed by atoms with Gasteiger partial charge in [-0.1, -0.05) is 12.1 Å². The summed E-state index contributed by atoms with van der Waals surface area (Å²) >= 11 is 0. The molecule has 0 spiro atoms. The van der Waals surface area contributed by atoms with Crippen LogP contribution in [0.2, 0.25) is 0 Å². The summed E-state index contributed by atoms with van der Waals surface area (Å²) in [7, 11) is 0. The Morgan fingerprint density at radius 2 is 1.88 bits per heavy atom. The predicted octanol–water partition coefficient (Wildman–Crippen LogP) is 2.65. The highest BCUT2D eigenvalue weighted by Crippen LogP contribution is 2.33. The van der Waals surface area contributed by atoms with Gasteiger partial charge in [-0.05, 0) is 24.3 Å². The van der Waals surface area contributed by atoms with Crippen molar-refractivity contribution in [3.63, 3.8) is 0 Å². The van der Waals surface area contributed by atoms with Gasteiger partial charge in [-0.15, -0.1) is 0 Å². The Bertz CT molecular complexity index is 482. The van der Waals surface area contributed by atoms with Gasteiger partial charge in [0.2, 0.25) is 0 Å². The highest BCUT2D eigenvalue weighted by Gasteiger charge is 2.16. The van der Waals surface area contributed by atoms with Crippen LogP contribution in [0, 0.1) is 0 Å². The van der Waals surface area contributed by atoms with Gasteiger partial charge in [0.15, 0.2) is 0 Å². The third-order valence-electron chi connectivity index (χ3n) is 2.82. The highest BCUT2D eigenvalue weighted by molar-refractivity contribution is 5.78. The first-order chi connectivity index (χ1) is 7.95.